The summed E-state index contributed by atoms with van der Waals surface area (Å²) in [7, 11) is 3.40. The normalized spacial score (nSPS) is 10.9. The minimum absolute atomic E-state index is 0.121. The van der Waals surface area contributed by atoms with Gasteiger partial charge in [0.2, 0.25) is 0 Å². The van der Waals surface area contributed by atoms with E-state index in [0.29, 0.717) is 18.0 Å². The molecule has 154 valence electrons. The highest BCUT2D eigenvalue weighted by Crippen LogP contribution is 2.20. The van der Waals surface area contributed by atoms with Crippen LogP contribution in [-0.2, 0) is 20.6 Å². The van der Waals surface area contributed by atoms with Crippen molar-refractivity contribution in [2.75, 3.05) is 10.6 Å². The van der Waals surface area contributed by atoms with E-state index < -0.39 is 11.8 Å². The van der Waals surface area contributed by atoms with Gasteiger partial charge in [0.25, 0.3) is 11.8 Å². The maximum absolute atomic E-state index is 12.8. The Morgan fingerprint density at radius 3 is 2.43 bits per heavy atom. The average Bonchev–Trinajstić information content (AvgIpc) is 3.50. The molecule has 0 saturated heterocycles. The number of aryl methyl sites for hydroxylation is 2. The summed E-state index contributed by atoms with van der Waals surface area (Å²) in [6, 6.07) is 5.08. The molecule has 2 N–H and O–H groups in total. The summed E-state index contributed by atoms with van der Waals surface area (Å²) >= 11 is 0. The predicted molar refractivity (Wildman–Crippen MR) is 107 cm³/mol. The van der Waals surface area contributed by atoms with Crippen LogP contribution in [0.1, 0.15) is 32.5 Å². The number of nitrogens with zero attached hydrogens (tertiary/aromatic N) is 6. The van der Waals surface area contributed by atoms with E-state index in [9.17, 15) is 9.59 Å². The van der Waals surface area contributed by atoms with Crippen molar-refractivity contribution in [3.8, 4) is 0 Å². The van der Waals surface area contributed by atoms with E-state index in [-0.39, 0.29) is 17.1 Å². The number of anilines is 2. The van der Waals surface area contributed by atoms with Crippen LogP contribution in [-0.4, -0.2) is 41.2 Å². The highest BCUT2D eigenvalue weighted by Gasteiger charge is 2.22. The Morgan fingerprint density at radius 1 is 1.00 bits per heavy atom. The Labute approximate surface area is 171 Å². The van der Waals surface area contributed by atoms with Crippen molar-refractivity contribution in [3.63, 3.8) is 0 Å². The van der Waals surface area contributed by atoms with Gasteiger partial charge >= 0.3 is 0 Å². The average molecular weight is 408 g/mol. The van der Waals surface area contributed by atoms with Crippen LogP contribution >= 0.6 is 0 Å². The largest absolute Gasteiger partial charge is 0.454 e. The van der Waals surface area contributed by atoms with Crippen molar-refractivity contribution in [2.45, 2.75) is 13.5 Å². The molecule has 0 bridgehead atoms. The molecule has 11 nitrogen and oxygen atoms in total. The highest BCUT2D eigenvalue weighted by atomic mass is 16.4. The first kappa shape index (κ1) is 19.2. The zero-order valence-electron chi connectivity index (χ0n) is 16.7. The first-order valence-corrected chi connectivity index (χ1v) is 9.12. The van der Waals surface area contributed by atoms with Gasteiger partial charge in [-0.05, 0) is 25.1 Å². The third kappa shape index (κ3) is 3.72. The molecule has 0 spiro atoms. The molecule has 0 aliphatic carbocycles. The summed E-state index contributed by atoms with van der Waals surface area (Å²) in [6.45, 7) is 2.25. The molecule has 2 amide bonds. The standard InChI is InChI=1S/C19H20N8O3/c1-12-14(9-21-25(12)2)23-19(29)17-15(10-22-26(17)3)24-18(28)16-6-5-13(30-16)11-27-8-4-7-20-27/h4-10H,11H2,1-3H3,(H,23,29)(H,24,28). The van der Waals surface area contributed by atoms with E-state index in [4.69, 9.17) is 4.42 Å². The Morgan fingerprint density at radius 2 is 1.73 bits per heavy atom. The summed E-state index contributed by atoms with van der Waals surface area (Å²) in [6.07, 6.45) is 6.44. The molecule has 4 rings (SSSR count). The van der Waals surface area contributed by atoms with E-state index in [0.717, 1.165) is 5.69 Å². The second-order valence-electron chi connectivity index (χ2n) is 6.68. The predicted octanol–water partition coefficient (Wildman–Crippen LogP) is 1.80. The fourth-order valence-corrected chi connectivity index (χ4v) is 2.92. The Hall–Kier alpha value is -4.15. The molecule has 0 aromatic carbocycles. The molecule has 0 aliphatic heterocycles. The third-order valence-electron chi connectivity index (χ3n) is 4.65. The lowest BCUT2D eigenvalue weighted by Gasteiger charge is -2.08. The minimum atomic E-state index is -0.485. The van der Waals surface area contributed by atoms with Gasteiger partial charge in [0, 0.05) is 26.5 Å². The number of rotatable bonds is 6. The number of carbonyl (C=O) groups is 2. The maximum atomic E-state index is 12.8. The van der Waals surface area contributed by atoms with Gasteiger partial charge in [0.05, 0.1) is 36.0 Å². The quantitative estimate of drug-likeness (QED) is 0.501. The maximum Gasteiger partial charge on any atom is 0.291 e. The summed E-state index contributed by atoms with van der Waals surface area (Å²) in [5, 5.41) is 17.8. The Kier molecular flexibility index (Phi) is 4.92. The van der Waals surface area contributed by atoms with Crippen LogP contribution < -0.4 is 10.6 Å². The van der Waals surface area contributed by atoms with E-state index in [1.807, 2.05) is 6.92 Å². The number of nitrogens with one attached hydrogen (secondary N) is 2. The minimum Gasteiger partial charge on any atom is -0.454 e. The van der Waals surface area contributed by atoms with Gasteiger partial charge in [-0.25, -0.2) is 0 Å². The van der Waals surface area contributed by atoms with Crippen LogP contribution in [0, 0.1) is 6.92 Å². The number of carbonyl (C=O) groups excluding carboxylic acids is 2. The first-order chi connectivity index (χ1) is 14.4. The topological polar surface area (TPSA) is 125 Å². The monoisotopic (exact) mass is 408 g/mol. The van der Waals surface area contributed by atoms with Crippen LogP contribution in [0.25, 0.3) is 0 Å². The van der Waals surface area contributed by atoms with Gasteiger partial charge in [-0.3, -0.25) is 23.6 Å². The van der Waals surface area contributed by atoms with Crippen molar-refractivity contribution in [1.82, 2.24) is 29.3 Å². The molecule has 11 heteroatoms. The lowest BCUT2D eigenvalue weighted by atomic mass is 10.3. The molecule has 0 fully saturated rings. The zero-order chi connectivity index (χ0) is 21.3. The lowest BCUT2D eigenvalue weighted by molar-refractivity contribution is 0.0994. The van der Waals surface area contributed by atoms with Gasteiger partial charge in [-0.1, -0.05) is 0 Å². The Balaban J connectivity index is 1.49. The first-order valence-electron chi connectivity index (χ1n) is 9.12. The SMILES string of the molecule is Cc1c(NC(=O)c2c(NC(=O)c3ccc(Cn4cccn4)o3)cnn2C)cnn1C. The molecule has 4 aromatic rings. The smallest absolute Gasteiger partial charge is 0.291 e. The summed E-state index contributed by atoms with van der Waals surface area (Å²) in [5.41, 5.74) is 1.85. The molecule has 0 atom stereocenters. The van der Waals surface area contributed by atoms with Gasteiger partial charge < -0.3 is 15.1 Å². The second kappa shape index (κ2) is 7.70. The highest BCUT2D eigenvalue weighted by molar-refractivity contribution is 6.11. The van der Waals surface area contributed by atoms with Crippen molar-refractivity contribution < 1.29 is 14.0 Å². The van der Waals surface area contributed by atoms with Gasteiger partial charge in [0.15, 0.2) is 5.76 Å². The molecule has 0 radical (unpaired) electrons. The molecule has 4 heterocycles. The summed E-state index contributed by atoms with van der Waals surface area (Å²) in [4.78, 5) is 25.4. The van der Waals surface area contributed by atoms with Crippen LogP contribution in [0.3, 0.4) is 0 Å². The van der Waals surface area contributed by atoms with Crippen LogP contribution in [0.5, 0.6) is 0 Å². The van der Waals surface area contributed by atoms with Crippen molar-refractivity contribution >= 4 is 23.2 Å². The molecule has 30 heavy (non-hydrogen) atoms. The number of amides is 2. The molecule has 0 saturated carbocycles. The van der Waals surface area contributed by atoms with Crippen LogP contribution in [0.2, 0.25) is 0 Å². The fraction of sp³-hybridized carbons (Fsp3) is 0.211. The lowest BCUT2D eigenvalue weighted by Crippen LogP contribution is -2.20. The van der Waals surface area contributed by atoms with Gasteiger partial charge in [-0.15, -0.1) is 0 Å². The van der Waals surface area contributed by atoms with E-state index in [1.54, 1.807) is 60.2 Å². The Bertz CT molecular complexity index is 1200. The molecule has 0 unspecified atom stereocenters. The second-order valence-corrected chi connectivity index (χ2v) is 6.68. The molecule has 4 aromatic heterocycles. The fourth-order valence-electron chi connectivity index (χ4n) is 2.92. The summed E-state index contributed by atoms with van der Waals surface area (Å²) in [5.74, 6) is -0.197. The van der Waals surface area contributed by atoms with E-state index in [2.05, 4.69) is 25.9 Å². The number of hydrogen-bond donors (Lipinski definition) is 2. The third-order valence-corrected chi connectivity index (χ3v) is 4.65. The van der Waals surface area contributed by atoms with Crippen molar-refractivity contribution in [3.05, 3.63) is 65.9 Å². The zero-order valence-corrected chi connectivity index (χ0v) is 16.7. The molecular formula is C19H20N8O3. The van der Waals surface area contributed by atoms with Crippen molar-refractivity contribution in [1.29, 1.82) is 0 Å². The number of aromatic nitrogens is 6. The molecular weight excluding hydrogens is 388 g/mol. The van der Waals surface area contributed by atoms with Crippen LogP contribution in [0.4, 0.5) is 11.4 Å². The van der Waals surface area contributed by atoms with Gasteiger partial charge in [-0.2, -0.15) is 15.3 Å². The summed E-state index contributed by atoms with van der Waals surface area (Å²) < 4.78 is 10.3. The van der Waals surface area contributed by atoms with Crippen LogP contribution in [0.15, 0.2) is 47.4 Å². The molecule has 0 aliphatic rings. The van der Waals surface area contributed by atoms with E-state index in [1.165, 1.54) is 10.9 Å². The van der Waals surface area contributed by atoms with Crippen molar-refractivity contribution in [2.24, 2.45) is 14.1 Å². The number of hydrogen-bond acceptors (Lipinski definition) is 6. The van der Waals surface area contributed by atoms with E-state index >= 15 is 0 Å². The number of furan rings is 1. The van der Waals surface area contributed by atoms with Gasteiger partial charge in [0.1, 0.15) is 11.5 Å².